The van der Waals surface area contributed by atoms with E-state index >= 15 is 0 Å². The second-order valence-corrected chi connectivity index (χ2v) is 4.68. The third-order valence-corrected chi connectivity index (χ3v) is 3.24. The number of hydrogen-bond acceptors (Lipinski definition) is 4. The predicted octanol–water partition coefficient (Wildman–Crippen LogP) is 1.49. The molecule has 1 saturated heterocycles. The van der Waals surface area contributed by atoms with Crippen LogP contribution in [-0.2, 0) is 4.79 Å². The molecule has 0 aromatic carbocycles. The highest BCUT2D eigenvalue weighted by atomic mass is 32.1. The second-order valence-electron chi connectivity index (χ2n) is 3.17. The van der Waals surface area contributed by atoms with Crippen LogP contribution < -0.4 is 4.90 Å². The topological polar surface area (TPSA) is 33.2 Å². The van der Waals surface area contributed by atoms with Crippen LogP contribution in [0.25, 0.3) is 0 Å². The molecule has 70 valence electrons. The van der Waals surface area contributed by atoms with Gasteiger partial charge in [0.05, 0.1) is 5.69 Å². The summed E-state index contributed by atoms with van der Waals surface area (Å²) >= 11 is 5.66. The van der Waals surface area contributed by atoms with Gasteiger partial charge in [-0.2, -0.15) is 17.0 Å². The number of aromatic nitrogens is 1. The van der Waals surface area contributed by atoms with Crippen molar-refractivity contribution in [1.29, 1.82) is 0 Å². The highest BCUT2D eigenvalue weighted by molar-refractivity contribution is 7.81. The molecule has 5 heteroatoms. The molecular formula is C8H10N2OS2. The molecule has 0 N–H and O–H groups in total. The average Bonchev–Trinajstić information content (AvgIpc) is 2.58. The Hall–Kier alpha value is -0.550. The Morgan fingerprint density at radius 2 is 2.54 bits per heavy atom. The summed E-state index contributed by atoms with van der Waals surface area (Å²) in [5, 5.41) is 1.12. The first kappa shape index (κ1) is 9.02. The van der Waals surface area contributed by atoms with Crippen molar-refractivity contribution in [3.05, 3.63) is 11.8 Å². The van der Waals surface area contributed by atoms with Crippen molar-refractivity contribution in [3.8, 4) is 0 Å². The molecule has 1 amide bonds. The van der Waals surface area contributed by atoms with Crippen molar-refractivity contribution in [1.82, 2.24) is 4.37 Å². The molecule has 1 aromatic heterocycles. The van der Waals surface area contributed by atoms with Crippen LogP contribution in [0.15, 0.2) is 6.07 Å². The Kier molecular flexibility index (Phi) is 2.29. The second kappa shape index (κ2) is 3.31. The lowest BCUT2D eigenvalue weighted by Crippen LogP contribution is -2.23. The summed E-state index contributed by atoms with van der Waals surface area (Å²) in [7, 11) is 0. The third-order valence-electron chi connectivity index (χ3n) is 1.99. The van der Waals surface area contributed by atoms with E-state index in [0.29, 0.717) is 13.0 Å². The molecule has 13 heavy (non-hydrogen) atoms. The summed E-state index contributed by atoms with van der Waals surface area (Å²) in [6, 6.07) is 1.94. The first-order valence-electron chi connectivity index (χ1n) is 4.08. The van der Waals surface area contributed by atoms with Gasteiger partial charge in [-0.3, -0.25) is 4.79 Å². The Labute approximate surface area is 86.3 Å². The number of nitrogens with zero attached hydrogens (tertiary/aromatic N) is 2. The molecule has 1 aromatic rings. The molecule has 0 radical (unpaired) electrons. The number of rotatable bonds is 1. The van der Waals surface area contributed by atoms with Crippen molar-refractivity contribution in [2.75, 3.05) is 11.4 Å². The Morgan fingerprint density at radius 1 is 1.77 bits per heavy atom. The van der Waals surface area contributed by atoms with Gasteiger partial charge in [-0.25, -0.2) is 0 Å². The van der Waals surface area contributed by atoms with Gasteiger partial charge in [0.15, 0.2) is 0 Å². The maximum atomic E-state index is 11.5. The van der Waals surface area contributed by atoms with Crippen LogP contribution in [-0.4, -0.2) is 22.1 Å². The van der Waals surface area contributed by atoms with E-state index in [1.54, 1.807) is 4.90 Å². The van der Waals surface area contributed by atoms with E-state index in [4.69, 9.17) is 0 Å². The molecule has 0 spiro atoms. The number of carbonyl (C=O) groups is 1. The number of thiol groups is 1. The van der Waals surface area contributed by atoms with Crippen LogP contribution in [0.1, 0.15) is 12.1 Å². The number of aryl methyl sites for hydroxylation is 1. The molecule has 0 saturated carbocycles. The number of hydrogen-bond donors (Lipinski definition) is 1. The monoisotopic (exact) mass is 214 g/mol. The molecule has 3 nitrogen and oxygen atoms in total. The molecule has 0 bridgehead atoms. The van der Waals surface area contributed by atoms with Crippen LogP contribution >= 0.6 is 24.2 Å². The zero-order chi connectivity index (χ0) is 9.42. The first-order chi connectivity index (χ1) is 6.16. The summed E-state index contributed by atoms with van der Waals surface area (Å²) in [6.45, 7) is 2.64. The lowest BCUT2D eigenvalue weighted by Gasteiger charge is -2.11. The summed E-state index contributed by atoms with van der Waals surface area (Å²) in [5.41, 5.74) is 0.968. The van der Waals surface area contributed by atoms with Crippen molar-refractivity contribution < 1.29 is 4.79 Å². The minimum Gasteiger partial charge on any atom is -0.301 e. The largest absolute Gasteiger partial charge is 0.301 e. The molecule has 1 aliphatic heterocycles. The standard InChI is InChI=1S/C8H10N2OS2/c1-5-2-8(13-9-5)10-4-6(12)3-7(10)11/h2,6,12H,3-4H2,1H3. The quantitative estimate of drug-likeness (QED) is 0.718. The minimum absolute atomic E-state index is 0.156. The van der Waals surface area contributed by atoms with Crippen molar-refractivity contribution >= 4 is 35.1 Å². The van der Waals surface area contributed by atoms with Crippen LogP contribution in [0, 0.1) is 6.92 Å². The maximum Gasteiger partial charge on any atom is 0.228 e. The molecule has 0 aliphatic carbocycles. The van der Waals surface area contributed by atoms with E-state index in [1.165, 1.54) is 11.5 Å². The van der Waals surface area contributed by atoms with Gasteiger partial charge in [-0.15, -0.1) is 0 Å². The SMILES string of the molecule is Cc1cc(N2CC(S)CC2=O)sn1. The van der Waals surface area contributed by atoms with Gasteiger partial charge in [-0.1, -0.05) is 0 Å². The number of carbonyl (C=O) groups excluding carboxylic acids is 1. The van der Waals surface area contributed by atoms with Crippen LogP contribution in [0.5, 0.6) is 0 Å². The van der Waals surface area contributed by atoms with Crippen LogP contribution in [0.4, 0.5) is 5.00 Å². The lowest BCUT2D eigenvalue weighted by atomic mass is 10.4. The van der Waals surface area contributed by atoms with Crippen molar-refractivity contribution in [2.24, 2.45) is 0 Å². The summed E-state index contributed by atoms with van der Waals surface area (Å²) < 4.78 is 4.14. The molecule has 1 unspecified atom stereocenters. The molecular weight excluding hydrogens is 204 g/mol. The Bertz CT molecular complexity index is 337. The fourth-order valence-corrected chi connectivity index (χ4v) is 2.49. The van der Waals surface area contributed by atoms with E-state index in [2.05, 4.69) is 17.0 Å². The Morgan fingerprint density at radius 3 is 3.00 bits per heavy atom. The zero-order valence-corrected chi connectivity index (χ0v) is 8.94. The summed E-state index contributed by atoms with van der Waals surface area (Å²) in [6.07, 6.45) is 0.542. The predicted molar refractivity (Wildman–Crippen MR) is 56.6 cm³/mol. The summed E-state index contributed by atoms with van der Waals surface area (Å²) in [4.78, 5) is 13.2. The molecule has 2 heterocycles. The lowest BCUT2D eigenvalue weighted by molar-refractivity contribution is -0.116. The number of amides is 1. The molecule has 2 rings (SSSR count). The van der Waals surface area contributed by atoms with Gasteiger partial charge in [-0.05, 0) is 24.5 Å². The van der Waals surface area contributed by atoms with Gasteiger partial charge in [0.1, 0.15) is 5.00 Å². The fourth-order valence-electron chi connectivity index (χ4n) is 1.38. The van der Waals surface area contributed by atoms with E-state index < -0.39 is 0 Å². The van der Waals surface area contributed by atoms with Crippen molar-refractivity contribution in [3.63, 3.8) is 0 Å². The van der Waals surface area contributed by atoms with E-state index in [1.807, 2.05) is 13.0 Å². The van der Waals surface area contributed by atoms with E-state index in [-0.39, 0.29) is 11.2 Å². The van der Waals surface area contributed by atoms with Gasteiger partial charge >= 0.3 is 0 Å². The minimum atomic E-state index is 0.156. The van der Waals surface area contributed by atoms with Crippen LogP contribution in [0.2, 0.25) is 0 Å². The first-order valence-corrected chi connectivity index (χ1v) is 5.37. The molecule has 1 fully saturated rings. The van der Waals surface area contributed by atoms with Gasteiger partial charge in [0.25, 0.3) is 0 Å². The number of anilines is 1. The van der Waals surface area contributed by atoms with Crippen LogP contribution in [0.3, 0.4) is 0 Å². The fraction of sp³-hybridized carbons (Fsp3) is 0.500. The summed E-state index contributed by atoms with van der Waals surface area (Å²) in [5.74, 6) is 0.156. The van der Waals surface area contributed by atoms with Gasteiger partial charge in [0.2, 0.25) is 5.91 Å². The molecule has 1 atom stereocenters. The maximum absolute atomic E-state index is 11.5. The smallest absolute Gasteiger partial charge is 0.228 e. The van der Waals surface area contributed by atoms with Gasteiger partial charge in [0, 0.05) is 18.2 Å². The highest BCUT2D eigenvalue weighted by Gasteiger charge is 2.29. The average molecular weight is 214 g/mol. The van der Waals surface area contributed by atoms with Crippen molar-refractivity contribution in [2.45, 2.75) is 18.6 Å². The zero-order valence-electron chi connectivity index (χ0n) is 7.23. The van der Waals surface area contributed by atoms with E-state index in [0.717, 1.165) is 10.7 Å². The van der Waals surface area contributed by atoms with Gasteiger partial charge < -0.3 is 4.90 Å². The van der Waals surface area contributed by atoms with E-state index in [9.17, 15) is 4.79 Å². The normalized spacial score (nSPS) is 22.8. The Balaban J connectivity index is 2.22. The third kappa shape index (κ3) is 1.71. The molecule has 1 aliphatic rings. The highest BCUT2D eigenvalue weighted by Crippen LogP contribution is 2.27.